The van der Waals surface area contributed by atoms with Crippen LogP contribution in [-0.2, 0) is 15.1 Å². The molecule has 35 heavy (non-hydrogen) atoms. The van der Waals surface area contributed by atoms with Gasteiger partial charge in [0, 0.05) is 11.8 Å². The van der Waals surface area contributed by atoms with Gasteiger partial charge in [-0.05, 0) is 53.6 Å². The number of carbonyl (C=O) groups is 3. The minimum atomic E-state index is -1.22. The fraction of sp³-hybridized carbons (Fsp3) is 0.200. The number of urea groups is 1. The molecule has 176 valence electrons. The second-order valence-corrected chi connectivity index (χ2v) is 9.41. The number of amides is 4. The number of benzene rings is 1. The Labute approximate surface area is 203 Å². The first-order chi connectivity index (χ1) is 16.9. The predicted octanol–water partition coefficient (Wildman–Crippen LogP) is 4.23. The zero-order valence-electron chi connectivity index (χ0n) is 18.6. The molecule has 9 nitrogen and oxygen atoms in total. The average molecular weight is 489 g/mol. The number of imide groups is 1. The van der Waals surface area contributed by atoms with Crippen LogP contribution in [0.15, 0.2) is 79.5 Å². The van der Waals surface area contributed by atoms with Crippen molar-refractivity contribution in [3.05, 3.63) is 82.6 Å². The molecule has 10 heteroatoms. The molecule has 1 N–H and O–H groups in total. The summed E-state index contributed by atoms with van der Waals surface area (Å²) in [5, 5.41) is 13.1. The lowest BCUT2D eigenvalue weighted by molar-refractivity contribution is -0.140. The van der Waals surface area contributed by atoms with Gasteiger partial charge in [0.25, 0.3) is 11.8 Å². The van der Waals surface area contributed by atoms with E-state index in [9.17, 15) is 14.4 Å². The van der Waals surface area contributed by atoms with Gasteiger partial charge in [0.15, 0.2) is 5.76 Å². The SMILES string of the molecule is CC1(c2ccsc2)NC(=O)N(CC(=O)N2N=C(c3cc4ccccc4o3)CC2c2ccco2)C1=O. The highest BCUT2D eigenvalue weighted by Gasteiger charge is 2.50. The van der Waals surface area contributed by atoms with Crippen LogP contribution in [0.1, 0.15) is 36.5 Å². The molecular formula is C25H20N4O5S. The van der Waals surface area contributed by atoms with Crippen LogP contribution in [0, 0.1) is 0 Å². The van der Waals surface area contributed by atoms with Crippen LogP contribution in [0.5, 0.6) is 0 Å². The zero-order chi connectivity index (χ0) is 24.2. The summed E-state index contributed by atoms with van der Waals surface area (Å²) >= 11 is 1.43. The van der Waals surface area contributed by atoms with Crippen LogP contribution in [0.25, 0.3) is 11.0 Å². The molecule has 1 fully saturated rings. The molecule has 0 saturated carbocycles. The summed E-state index contributed by atoms with van der Waals surface area (Å²) in [6, 6.07) is 13.6. The highest BCUT2D eigenvalue weighted by molar-refractivity contribution is 7.08. The van der Waals surface area contributed by atoms with Crippen molar-refractivity contribution in [1.29, 1.82) is 0 Å². The van der Waals surface area contributed by atoms with E-state index < -0.39 is 36.0 Å². The van der Waals surface area contributed by atoms with E-state index in [0.29, 0.717) is 29.2 Å². The predicted molar refractivity (Wildman–Crippen MR) is 128 cm³/mol. The molecule has 1 aromatic carbocycles. The molecule has 4 amide bonds. The number of nitrogens with one attached hydrogen (secondary N) is 1. The monoisotopic (exact) mass is 488 g/mol. The number of para-hydroxylation sites is 1. The third-order valence-electron chi connectivity index (χ3n) is 6.41. The number of furan rings is 2. The van der Waals surface area contributed by atoms with Crippen LogP contribution in [0.4, 0.5) is 4.79 Å². The Bertz CT molecular complexity index is 1440. The quantitative estimate of drug-likeness (QED) is 0.423. The Kier molecular flexibility index (Phi) is 4.85. The molecule has 2 atom stereocenters. The molecule has 2 aliphatic heterocycles. The number of hydrazone groups is 1. The molecule has 0 aliphatic carbocycles. The Balaban J connectivity index is 1.29. The van der Waals surface area contributed by atoms with Gasteiger partial charge in [-0.2, -0.15) is 16.4 Å². The standard InChI is InChI=1S/C25H20N4O5S/c1-25(16-8-10-35-14-16)23(31)28(24(32)26-25)13-22(30)29-18(20-7-4-9-33-20)12-17(27-29)21-11-15-5-2-3-6-19(15)34-21/h2-11,14,18H,12-13H2,1H3,(H,26,32). The van der Waals surface area contributed by atoms with Crippen LogP contribution < -0.4 is 5.32 Å². The average Bonchev–Trinajstić information content (AvgIpc) is 3.67. The van der Waals surface area contributed by atoms with Gasteiger partial charge in [0.2, 0.25) is 0 Å². The van der Waals surface area contributed by atoms with E-state index in [0.717, 1.165) is 15.9 Å². The second-order valence-electron chi connectivity index (χ2n) is 8.63. The minimum absolute atomic E-state index is 0.367. The summed E-state index contributed by atoms with van der Waals surface area (Å²) in [6.45, 7) is 1.19. The summed E-state index contributed by atoms with van der Waals surface area (Å²) in [4.78, 5) is 40.2. The lowest BCUT2D eigenvalue weighted by atomic mass is 9.95. The first kappa shape index (κ1) is 21.4. The van der Waals surface area contributed by atoms with E-state index in [2.05, 4.69) is 10.4 Å². The fourth-order valence-electron chi connectivity index (χ4n) is 4.51. The van der Waals surface area contributed by atoms with Gasteiger partial charge >= 0.3 is 6.03 Å². The number of fused-ring (bicyclic) bond motifs is 1. The van der Waals surface area contributed by atoms with E-state index in [-0.39, 0.29) is 0 Å². The highest BCUT2D eigenvalue weighted by atomic mass is 32.1. The van der Waals surface area contributed by atoms with Gasteiger partial charge in [-0.25, -0.2) is 9.80 Å². The molecule has 4 aromatic rings. The van der Waals surface area contributed by atoms with Gasteiger partial charge < -0.3 is 14.2 Å². The molecule has 0 radical (unpaired) electrons. The fourth-order valence-corrected chi connectivity index (χ4v) is 5.27. The third kappa shape index (κ3) is 3.45. The van der Waals surface area contributed by atoms with Crippen molar-refractivity contribution < 1.29 is 23.2 Å². The van der Waals surface area contributed by atoms with Gasteiger partial charge in [-0.15, -0.1) is 0 Å². The molecule has 3 aromatic heterocycles. The lowest BCUT2D eigenvalue weighted by Gasteiger charge is -2.23. The van der Waals surface area contributed by atoms with Crippen molar-refractivity contribution in [2.45, 2.75) is 24.9 Å². The molecule has 5 heterocycles. The molecule has 0 spiro atoms. The smallest absolute Gasteiger partial charge is 0.325 e. The van der Waals surface area contributed by atoms with E-state index in [1.807, 2.05) is 35.7 Å². The van der Waals surface area contributed by atoms with Crippen LogP contribution in [0.2, 0.25) is 0 Å². The number of rotatable bonds is 5. The van der Waals surface area contributed by atoms with E-state index in [4.69, 9.17) is 8.83 Å². The topological polar surface area (TPSA) is 108 Å². The van der Waals surface area contributed by atoms with E-state index >= 15 is 0 Å². The number of carbonyl (C=O) groups excluding carboxylic acids is 3. The van der Waals surface area contributed by atoms with Gasteiger partial charge in [0.1, 0.15) is 35.2 Å². The molecule has 1 saturated heterocycles. The van der Waals surface area contributed by atoms with Gasteiger partial charge in [0.05, 0.1) is 6.26 Å². The van der Waals surface area contributed by atoms with E-state index in [1.165, 1.54) is 22.6 Å². The Morgan fingerprint density at radius 3 is 2.83 bits per heavy atom. The molecule has 2 aliphatic rings. The van der Waals surface area contributed by atoms with Crippen molar-refractivity contribution in [2.24, 2.45) is 5.10 Å². The molecular weight excluding hydrogens is 468 g/mol. The van der Waals surface area contributed by atoms with Crippen molar-refractivity contribution in [3.8, 4) is 0 Å². The number of hydrogen-bond acceptors (Lipinski definition) is 7. The van der Waals surface area contributed by atoms with Crippen LogP contribution in [-0.4, -0.2) is 40.0 Å². The molecule has 0 bridgehead atoms. The number of nitrogens with zero attached hydrogens (tertiary/aromatic N) is 3. The summed E-state index contributed by atoms with van der Waals surface area (Å²) in [5.41, 5.74) is 0.759. The maximum atomic E-state index is 13.4. The normalized spacial score (nSPS) is 22.2. The Hall–Kier alpha value is -4.18. The number of hydrogen-bond donors (Lipinski definition) is 1. The third-order valence-corrected chi connectivity index (χ3v) is 7.10. The van der Waals surface area contributed by atoms with Crippen molar-refractivity contribution in [3.63, 3.8) is 0 Å². The summed E-state index contributed by atoms with van der Waals surface area (Å²) in [6.07, 6.45) is 1.90. The maximum absolute atomic E-state index is 13.4. The summed E-state index contributed by atoms with van der Waals surface area (Å²) in [7, 11) is 0. The van der Waals surface area contributed by atoms with Gasteiger partial charge in [-0.3, -0.25) is 14.5 Å². The highest BCUT2D eigenvalue weighted by Crippen LogP contribution is 2.35. The van der Waals surface area contributed by atoms with Crippen molar-refractivity contribution in [2.75, 3.05) is 6.54 Å². The number of thiophene rings is 1. The molecule has 2 unspecified atom stereocenters. The summed E-state index contributed by atoms with van der Waals surface area (Å²) < 4.78 is 11.5. The maximum Gasteiger partial charge on any atom is 0.325 e. The van der Waals surface area contributed by atoms with Crippen LogP contribution >= 0.6 is 11.3 Å². The van der Waals surface area contributed by atoms with E-state index in [1.54, 1.807) is 30.5 Å². The second kappa shape index (κ2) is 7.95. The molecule has 6 rings (SSSR count). The Morgan fingerprint density at radius 2 is 2.09 bits per heavy atom. The first-order valence-electron chi connectivity index (χ1n) is 11.0. The van der Waals surface area contributed by atoms with Crippen molar-refractivity contribution in [1.82, 2.24) is 15.2 Å². The Morgan fingerprint density at radius 1 is 1.23 bits per heavy atom. The summed E-state index contributed by atoms with van der Waals surface area (Å²) in [5.74, 6) is 0.117. The van der Waals surface area contributed by atoms with Crippen LogP contribution in [0.3, 0.4) is 0 Å². The zero-order valence-corrected chi connectivity index (χ0v) is 19.5. The van der Waals surface area contributed by atoms with Crippen molar-refractivity contribution >= 4 is 45.9 Å². The largest absolute Gasteiger partial charge is 0.467 e. The first-order valence-corrected chi connectivity index (χ1v) is 12.0. The van der Waals surface area contributed by atoms with Gasteiger partial charge in [-0.1, -0.05) is 18.2 Å². The minimum Gasteiger partial charge on any atom is -0.467 e. The lowest BCUT2D eigenvalue weighted by Crippen LogP contribution is -2.43.